The summed E-state index contributed by atoms with van der Waals surface area (Å²) in [6.45, 7) is 0. The third kappa shape index (κ3) is 2.18. The maximum atomic E-state index is 11.2. The van der Waals surface area contributed by atoms with E-state index in [0.717, 1.165) is 13.4 Å². The third-order valence-electron chi connectivity index (χ3n) is 1.91. The van der Waals surface area contributed by atoms with Crippen molar-refractivity contribution >= 4 is 5.97 Å². The van der Waals surface area contributed by atoms with Crippen LogP contribution < -0.4 is 5.56 Å². The van der Waals surface area contributed by atoms with Crippen LogP contribution in [0.1, 0.15) is 11.7 Å². The molecule has 0 aliphatic carbocycles. The molecule has 0 spiro atoms. The van der Waals surface area contributed by atoms with Gasteiger partial charge < -0.3 is 25.0 Å². The number of aliphatic hydroxyl groups excluding tert-OH is 2. The molecule has 0 aliphatic rings. The number of nitrogens with zero attached hydrogens (tertiary/aromatic N) is 1. The number of carbonyl (C=O) groups is 1. The van der Waals surface area contributed by atoms with Crippen molar-refractivity contribution in [2.45, 2.75) is 12.2 Å². The van der Waals surface area contributed by atoms with Gasteiger partial charge in [-0.3, -0.25) is 4.79 Å². The molecule has 0 aliphatic heterocycles. The molecule has 0 amide bonds. The fraction of sp³-hybridized carbons (Fsp3) is 0.375. The van der Waals surface area contributed by atoms with Crippen LogP contribution in [0.4, 0.5) is 0 Å². The third-order valence-corrected chi connectivity index (χ3v) is 1.91. The topological polar surface area (TPSA) is 133 Å². The number of methoxy groups -OCH3 is 1. The second kappa shape index (κ2) is 4.73. The summed E-state index contributed by atoms with van der Waals surface area (Å²) in [5.74, 6) is -1.89. The molecule has 0 fully saturated rings. The van der Waals surface area contributed by atoms with Crippen molar-refractivity contribution in [1.82, 2.24) is 9.97 Å². The van der Waals surface area contributed by atoms with Gasteiger partial charge in [0.1, 0.15) is 11.7 Å². The molecule has 16 heavy (non-hydrogen) atoms. The number of rotatable bonds is 3. The van der Waals surface area contributed by atoms with E-state index in [2.05, 4.69) is 14.7 Å². The summed E-state index contributed by atoms with van der Waals surface area (Å²) in [4.78, 5) is 27.5. The number of aromatic nitrogens is 2. The number of aliphatic hydroxyl groups is 2. The van der Waals surface area contributed by atoms with E-state index >= 15 is 0 Å². The van der Waals surface area contributed by atoms with Crippen molar-refractivity contribution in [2.75, 3.05) is 7.11 Å². The quantitative estimate of drug-likeness (QED) is 0.443. The van der Waals surface area contributed by atoms with Crippen LogP contribution in [-0.4, -0.2) is 44.5 Å². The molecule has 0 saturated carbocycles. The smallest absolute Gasteiger partial charge is 0.337 e. The van der Waals surface area contributed by atoms with E-state index in [1.807, 2.05) is 0 Å². The number of aromatic amines is 1. The molecule has 1 rings (SSSR count). The van der Waals surface area contributed by atoms with Gasteiger partial charge in [-0.25, -0.2) is 9.78 Å². The van der Waals surface area contributed by atoms with Crippen molar-refractivity contribution in [3.05, 3.63) is 22.2 Å². The summed E-state index contributed by atoms with van der Waals surface area (Å²) in [5, 5.41) is 28.0. The molecule has 0 saturated heterocycles. The first-order valence-electron chi connectivity index (χ1n) is 4.19. The summed E-state index contributed by atoms with van der Waals surface area (Å²) in [7, 11) is 1.01. The molecule has 2 unspecified atom stereocenters. The van der Waals surface area contributed by atoms with Crippen LogP contribution in [0.3, 0.4) is 0 Å². The van der Waals surface area contributed by atoms with Crippen LogP contribution in [-0.2, 0) is 9.53 Å². The number of ether oxygens (including phenoxy) is 1. The van der Waals surface area contributed by atoms with E-state index in [4.69, 9.17) is 0 Å². The second-order valence-electron chi connectivity index (χ2n) is 2.88. The Labute approximate surface area is 89.1 Å². The van der Waals surface area contributed by atoms with E-state index < -0.39 is 35.2 Å². The van der Waals surface area contributed by atoms with Gasteiger partial charge >= 0.3 is 5.97 Å². The van der Waals surface area contributed by atoms with E-state index in [1.54, 1.807) is 0 Å². The molecule has 0 aromatic carbocycles. The van der Waals surface area contributed by atoms with Gasteiger partial charge in [0, 0.05) is 0 Å². The number of nitrogens with one attached hydrogen (secondary N) is 1. The molecule has 1 heterocycles. The molecule has 88 valence electrons. The minimum absolute atomic E-state index is 0.597. The fourth-order valence-electron chi connectivity index (χ4n) is 1.07. The number of H-pyrrole nitrogens is 1. The Morgan fingerprint density at radius 1 is 1.56 bits per heavy atom. The lowest BCUT2D eigenvalue weighted by molar-refractivity contribution is -0.156. The van der Waals surface area contributed by atoms with Gasteiger partial charge in [0.15, 0.2) is 6.10 Å². The van der Waals surface area contributed by atoms with Crippen molar-refractivity contribution in [3.63, 3.8) is 0 Å². The lowest BCUT2D eigenvalue weighted by atomic mass is 10.1. The van der Waals surface area contributed by atoms with Crippen LogP contribution in [0, 0.1) is 0 Å². The van der Waals surface area contributed by atoms with Crippen LogP contribution in [0.5, 0.6) is 5.88 Å². The highest BCUT2D eigenvalue weighted by Crippen LogP contribution is 2.20. The summed E-state index contributed by atoms with van der Waals surface area (Å²) in [6, 6.07) is 0. The second-order valence-corrected chi connectivity index (χ2v) is 2.88. The minimum atomic E-state index is -1.97. The zero-order valence-corrected chi connectivity index (χ0v) is 8.25. The van der Waals surface area contributed by atoms with E-state index in [0.29, 0.717) is 0 Å². The Morgan fingerprint density at radius 3 is 2.69 bits per heavy atom. The van der Waals surface area contributed by atoms with Gasteiger partial charge in [0.25, 0.3) is 5.56 Å². The Hall–Kier alpha value is -1.93. The molecule has 1 aromatic rings. The molecular weight excluding hydrogens is 220 g/mol. The molecule has 2 atom stereocenters. The summed E-state index contributed by atoms with van der Waals surface area (Å²) < 4.78 is 4.17. The summed E-state index contributed by atoms with van der Waals surface area (Å²) in [6.07, 6.45) is -2.97. The normalized spacial score (nSPS) is 14.2. The molecule has 0 radical (unpaired) electrons. The van der Waals surface area contributed by atoms with Crippen LogP contribution in [0.15, 0.2) is 11.1 Å². The first-order chi connectivity index (χ1) is 7.49. The average Bonchev–Trinajstić information content (AvgIpc) is 2.26. The zero-order chi connectivity index (χ0) is 12.3. The molecule has 0 bridgehead atoms. The van der Waals surface area contributed by atoms with Crippen LogP contribution >= 0.6 is 0 Å². The maximum Gasteiger partial charge on any atom is 0.337 e. The number of hydrogen-bond acceptors (Lipinski definition) is 7. The number of esters is 1. The van der Waals surface area contributed by atoms with E-state index in [9.17, 15) is 24.9 Å². The van der Waals surface area contributed by atoms with E-state index in [1.165, 1.54) is 0 Å². The molecule has 4 N–H and O–H groups in total. The summed E-state index contributed by atoms with van der Waals surface area (Å²) in [5.41, 5.74) is -1.46. The molecule has 8 heteroatoms. The first kappa shape index (κ1) is 12.1. The minimum Gasteiger partial charge on any atom is -0.493 e. The largest absolute Gasteiger partial charge is 0.493 e. The average molecular weight is 230 g/mol. The zero-order valence-electron chi connectivity index (χ0n) is 8.25. The lowest BCUT2D eigenvalue weighted by Crippen LogP contribution is -2.32. The predicted molar refractivity (Wildman–Crippen MR) is 49.5 cm³/mol. The van der Waals surface area contributed by atoms with Crippen molar-refractivity contribution in [3.8, 4) is 5.88 Å². The standard InChI is InChI=1S/C8H10N2O6/c1-16-8(15)5(12)4(11)3-6(13)9-2-10-7(3)14/h2,4-5,11-12H,1H3,(H2,9,10,13,14). The van der Waals surface area contributed by atoms with Gasteiger partial charge in [0.05, 0.1) is 13.4 Å². The van der Waals surface area contributed by atoms with Gasteiger partial charge in [-0.15, -0.1) is 0 Å². The number of hydrogen-bond donors (Lipinski definition) is 4. The van der Waals surface area contributed by atoms with Crippen molar-refractivity contribution < 1.29 is 24.9 Å². The van der Waals surface area contributed by atoms with Gasteiger partial charge in [0.2, 0.25) is 5.88 Å². The summed E-state index contributed by atoms with van der Waals surface area (Å²) >= 11 is 0. The van der Waals surface area contributed by atoms with Crippen molar-refractivity contribution in [2.24, 2.45) is 0 Å². The van der Waals surface area contributed by atoms with Gasteiger partial charge in [-0.05, 0) is 0 Å². The highest BCUT2D eigenvalue weighted by atomic mass is 16.5. The molecule has 1 aromatic heterocycles. The van der Waals surface area contributed by atoms with Crippen molar-refractivity contribution in [1.29, 1.82) is 0 Å². The van der Waals surface area contributed by atoms with E-state index in [-0.39, 0.29) is 0 Å². The molecule has 8 nitrogen and oxygen atoms in total. The highest BCUT2D eigenvalue weighted by Gasteiger charge is 2.31. The molecular formula is C8H10N2O6. The SMILES string of the molecule is COC(=O)C(O)C(O)c1c(O)nc[nH]c1=O. The monoisotopic (exact) mass is 230 g/mol. The predicted octanol–water partition coefficient (Wildman–Crippen LogP) is -1.96. The number of aromatic hydroxyl groups is 1. The number of carbonyl (C=O) groups excluding carboxylic acids is 1. The van der Waals surface area contributed by atoms with Gasteiger partial charge in [-0.1, -0.05) is 0 Å². The fourth-order valence-corrected chi connectivity index (χ4v) is 1.07. The van der Waals surface area contributed by atoms with Crippen LogP contribution in [0.25, 0.3) is 0 Å². The lowest BCUT2D eigenvalue weighted by Gasteiger charge is -2.15. The Balaban J connectivity index is 3.10. The van der Waals surface area contributed by atoms with Gasteiger partial charge in [-0.2, -0.15) is 0 Å². The first-order valence-corrected chi connectivity index (χ1v) is 4.19. The highest BCUT2D eigenvalue weighted by molar-refractivity contribution is 5.75. The Morgan fingerprint density at radius 2 is 2.19 bits per heavy atom. The van der Waals surface area contributed by atoms with Crippen LogP contribution in [0.2, 0.25) is 0 Å². The maximum absolute atomic E-state index is 11.2. The Kier molecular flexibility index (Phi) is 3.59. The Bertz CT molecular complexity index is 442.